The monoisotopic (exact) mass is 411 g/mol. The second-order valence-corrected chi connectivity index (χ2v) is 8.69. The summed E-state index contributed by atoms with van der Waals surface area (Å²) < 4.78 is 31.2. The van der Waals surface area contributed by atoms with Gasteiger partial charge in [0.1, 0.15) is 12.4 Å². The Balaban J connectivity index is 0.00000261. The lowest BCUT2D eigenvalue weighted by Crippen LogP contribution is -2.33. The number of rotatable bonds is 6. The molecule has 0 aromatic heterocycles. The molecule has 2 aromatic rings. The minimum atomic E-state index is -3.41. The van der Waals surface area contributed by atoms with Gasteiger partial charge in [-0.2, -0.15) is 0 Å². The molecule has 6 nitrogen and oxygen atoms in total. The molecule has 2 N–H and O–H groups in total. The van der Waals surface area contributed by atoms with Gasteiger partial charge in [-0.1, -0.05) is 6.07 Å². The second-order valence-electron chi connectivity index (χ2n) is 6.54. The standard InChI is InChI=1S/C19H25N3O3S.ClH/c1-21(2)26(23,24)16-10-8-15(9-11-16)25-14-13-22-12-4-5-17-18(20)6-3-7-19(17)22;/h3,6-11H,4-5,12-14,20H2,1-2H3;1H. The van der Waals surface area contributed by atoms with E-state index < -0.39 is 10.0 Å². The smallest absolute Gasteiger partial charge is 0.242 e. The fourth-order valence-corrected chi connectivity index (χ4v) is 4.05. The maximum absolute atomic E-state index is 12.1. The number of nitrogen functional groups attached to an aromatic ring is 1. The first-order chi connectivity index (χ1) is 12.4. The van der Waals surface area contributed by atoms with Crippen LogP contribution < -0.4 is 15.4 Å². The molecule has 0 fully saturated rings. The molecule has 0 saturated heterocycles. The molecule has 3 rings (SSSR count). The Morgan fingerprint density at radius 3 is 2.52 bits per heavy atom. The largest absolute Gasteiger partial charge is 0.492 e. The van der Waals surface area contributed by atoms with Crippen molar-refractivity contribution in [2.75, 3.05) is 44.4 Å². The molecule has 0 aliphatic carbocycles. The molecule has 0 spiro atoms. The molecule has 0 radical (unpaired) electrons. The van der Waals surface area contributed by atoms with Crippen molar-refractivity contribution in [3.8, 4) is 5.75 Å². The van der Waals surface area contributed by atoms with Crippen LogP contribution in [0, 0.1) is 0 Å². The lowest BCUT2D eigenvalue weighted by molar-refractivity contribution is 0.322. The van der Waals surface area contributed by atoms with Gasteiger partial charge in [-0.25, -0.2) is 12.7 Å². The quantitative estimate of drug-likeness (QED) is 0.739. The molecule has 0 saturated carbocycles. The van der Waals surface area contributed by atoms with E-state index in [0.717, 1.165) is 31.6 Å². The Hall–Kier alpha value is -1.96. The van der Waals surface area contributed by atoms with E-state index in [1.807, 2.05) is 12.1 Å². The van der Waals surface area contributed by atoms with Crippen molar-refractivity contribution in [1.29, 1.82) is 0 Å². The van der Waals surface area contributed by atoms with Gasteiger partial charge in [0, 0.05) is 32.0 Å². The summed E-state index contributed by atoms with van der Waals surface area (Å²) in [5.41, 5.74) is 9.34. The fourth-order valence-electron chi connectivity index (χ4n) is 3.15. The van der Waals surface area contributed by atoms with Crippen molar-refractivity contribution in [1.82, 2.24) is 4.31 Å². The third-order valence-corrected chi connectivity index (χ3v) is 6.44. The van der Waals surface area contributed by atoms with Crippen molar-refractivity contribution < 1.29 is 13.2 Å². The molecular weight excluding hydrogens is 386 g/mol. The number of sulfonamides is 1. The zero-order chi connectivity index (χ0) is 18.7. The van der Waals surface area contributed by atoms with Gasteiger partial charge in [-0.15, -0.1) is 12.4 Å². The third-order valence-electron chi connectivity index (χ3n) is 4.62. The molecule has 1 heterocycles. The van der Waals surface area contributed by atoms with Crippen LogP contribution in [-0.2, 0) is 16.4 Å². The van der Waals surface area contributed by atoms with Crippen molar-refractivity contribution in [3.05, 3.63) is 48.0 Å². The van der Waals surface area contributed by atoms with Crippen LogP contribution in [0.15, 0.2) is 47.4 Å². The van der Waals surface area contributed by atoms with Crippen molar-refractivity contribution in [3.63, 3.8) is 0 Å². The summed E-state index contributed by atoms with van der Waals surface area (Å²) >= 11 is 0. The van der Waals surface area contributed by atoms with E-state index in [2.05, 4.69) is 11.0 Å². The van der Waals surface area contributed by atoms with Gasteiger partial charge in [0.25, 0.3) is 0 Å². The van der Waals surface area contributed by atoms with Crippen LogP contribution in [0.5, 0.6) is 5.75 Å². The summed E-state index contributed by atoms with van der Waals surface area (Å²) in [5.74, 6) is 0.660. The molecule has 148 valence electrons. The van der Waals surface area contributed by atoms with Gasteiger partial charge in [0.05, 0.1) is 11.4 Å². The number of benzene rings is 2. The SMILES string of the molecule is CN(C)S(=O)(=O)c1ccc(OCCN2CCCc3c(N)cccc32)cc1.Cl. The summed E-state index contributed by atoms with van der Waals surface area (Å²) in [6.45, 7) is 2.27. The van der Waals surface area contributed by atoms with Crippen molar-refractivity contribution in [2.24, 2.45) is 0 Å². The van der Waals surface area contributed by atoms with E-state index in [1.165, 1.54) is 29.7 Å². The number of hydrogen-bond acceptors (Lipinski definition) is 5. The minimum Gasteiger partial charge on any atom is -0.492 e. The zero-order valence-corrected chi connectivity index (χ0v) is 17.2. The molecule has 2 aromatic carbocycles. The number of hydrogen-bond donors (Lipinski definition) is 1. The maximum Gasteiger partial charge on any atom is 0.242 e. The summed E-state index contributed by atoms with van der Waals surface area (Å²) in [5, 5.41) is 0. The van der Waals surface area contributed by atoms with Crippen LogP contribution >= 0.6 is 12.4 Å². The summed E-state index contributed by atoms with van der Waals surface area (Å²) in [6, 6.07) is 12.6. The second kappa shape index (κ2) is 8.82. The Morgan fingerprint density at radius 2 is 1.85 bits per heavy atom. The van der Waals surface area contributed by atoms with Crippen LogP contribution in [0.4, 0.5) is 11.4 Å². The van der Waals surface area contributed by atoms with E-state index in [9.17, 15) is 8.42 Å². The Kier molecular flexibility index (Phi) is 6.97. The average Bonchev–Trinajstić information content (AvgIpc) is 2.63. The minimum absolute atomic E-state index is 0. The Bertz CT molecular complexity index is 870. The molecular formula is C19H26ClN3O3S. The first kappa shape index (κ1) is 21.3. The van der Waals surface area contributed by atoms with E-state index >= 15 is 0 Å². The highest BCUT2D eigenvalue weighted by molar-refractivity contribution is 7.89. The molecule has 1 aliphatic heterocycles. The maximum atomic E-state index is 12.1. The lowest BCUT2D eigenvalue weighted by atomic mass is 10.00. The molecule has 0 amide bonds. The fraction of sp³-hybridized carbons (Fsp3) is 0.368. The van der Waals surface area contributed by atoms with Crippen LogP contribution in [0.3, 0.4) is 0 Å². The summed E-state index contributed by atoms with van der Waals surface area (Å²) in [6.07, 6.45) is 2.10. The topological polar surface area (TPSA) is 75.9 Å². The van der Waals surface area contributed by atoms with E-state index in [0.29, 0.717) is 12.4 Å². The van der Waals surface area contributed by atoms with Gasteiger partial charge in [0.15, 0.2) is 0 Å². The highest BCUT2D eigenvalue weighted by Gasteiger charge is 2.19. The van der Waals surface area contributed by atoms with Crippen molar-refractivity contribution in [2.45, 2.75) is 17.7 Å². The third kappa shape index (κ3) is 4.66. The van der Waals surface area contributed by atoms with Gasteiger partial charge in [-0.05, 0) is 54.8 Å². The van der Waals surface area contributed by atoms with Crippen molar-refractivity contribution >= 4 is 33.8 Å². The Morgan fingerprint density at radius 1 is 1.15 bits per heavy atom. The first-order valence-corrected chi connectivity index (χ1v) is 10.1. The molecule has 0 unspecified atom stereocenters. The summed E-state index contributed by atoms with van der Waals surface area (Å²) in [4.78, 5) is 2.55. The van der Waals surface area contributed by atoms with Crippen LogP contribution in [0.1, 0.15) is 12.0 Å². The van der Waals surface area contributed by atoms with Crippen LogP contribution in [-0.4, -0.2) is 46.5 Å². The number of fused-ring (bicyclic) bond motifs is 1. The van der Waals surface area contributed by atoms with E-state index in [1.54, 1.807) is 24.3 Å². The number of nitrogens with two attached hydrogens (primary N) is 1. The summed E-state index contributed by atoms with van der Waals surface area (Å²) in [7, 11) is -0.377. The van der Waals surface area contributed by atoms with Gasteiger partial charge in [0.2, 0.25) is 10.0 Å². The molecule has 8 heteroatoms. The van der Waals surface area contributed by atoms with Gasteiger partial charge >= 0.3 is 0 Å². The highest BCUT2D eigenvalue weighted by atomic mass is 35.5. The number of ether oxygens (including phenoxy) is 1. The van der Waals surface area contributed by atoms with Gasteiger partial charge < -0.3 is 15.4 Å². The van der Waals surface area contributed by atoms with Gasteiger partial charge in [-0.3, -0.25) is 0 Å². The average molecular weight is 412 g/mol. The molecule has 0 bridgehead atoms. The number of halogens is 1. The molecule has 1 aliphatic rings. The lowest BCUT2D eigenvalue weighted by Gasteiger charge is -2.31. The normalized spacial score (nSPS) is 13.8. The Labute approximate surface area is 167 Å². The predicted octanol–water partition coefficient (Wildman–Crippen LogP) is 2.77. The highest BCUT2D eigenvalue weighted by Crippen LogP contribution is 2.31. The van der Waals surface area contributed by atoms with E-state index in [4.69, 9.17) is 10.5 Å². The zero-order valence-electron chi connectivity index (χ0n) is 15.6. The number of nitrogens with zero attached hydrogens (tertiary/aromatic N) is 2. The molecule has 27 heavy (non-hydrogen) atoms. The first-order valence-electron chi connectivity index (χ1n) is 8.67. The molecule has 0 atom stereocenters. The van der Waals surface area contributed by atoms with E-state index in [-0.39, 0.29) is 17.3 Å². The predicted molar refractivity (Wildman–Crippen MR) is 111 cm³/mol. The van der Waals surface area contributed by atoms with Crippen LogP contribution in [0.2, 0.25) is 0 Å². The van der Waals surface area contributed by atoms with Crippen LogP contribution in [0.25, 0.3) is 0 Å². The number of anilines is 2.